The third kappa shape index (κ3) is 5.83. The fourth-order valence-corrected chi connectivity index (χ4v) is 3.20. The number of rotatable bonds is 9. The van der Waals surface area contributed by atoms with Gasteiger partial charge in [0.05, 0.1) is 26.0 Å². The largest absolute Gasteiger partial charge is 0.469 e. The normalized spacial score (nSPS) is 15.2. The van der Waals surface area contributed by atoms with Gasteiger partial charge in [0.25, 0.3) is 0 Å². The van der Waals surface area contributed by atoms with Gasteiger partial charge in [-0.15, -0.1) is 0 Å². The molecule has 112 valence electrons. The lowest BCUT2D eigenvalue weighted by molar-refractivity contribution is -0.141. The number of esters is 1. The molecule has 6 heteroatoms. The number of ether oxygens (including phenoxy) is 1. The van der Waals surface area contributed by atoms with Crippen molar-refractivity contribution in [3.05, 3.63) is 0 Å². The van der Waals surface area contributed by atoms with Crippen LogP contribution in [0.15, 0.2) is 0 Å². The summed E-state index contributed by atoms with van der Waals surface area (Å²) in [6.45, 7) is 0.492. The summed E-state index contributed by atoms with van der Waals surface area (Å²) in [4.78, 5) is 24.6. The van der Waals surface area contributed by atoms with E-state index in [0.717, 1.165) is 24.3 Å². The first kappa shape index (κ1) is 16.8. The molecule has 0 spiro atoms. The first-order valence-electron chi connectivity index (χ1n) is 6.78. The highest BCUT2D eigenvalue weighted by Gasteiger charge is 2.44. The lowest BCUT2D eigenvalue weighted by Crippen LogP contribution is -2.27. The molecule has 5 nitrogen and oxygen atoms in total. The van der Waals surface area contributed by atoms with E-state index >= 15 is 0 Å². The van der Waals surface area contributed by atoms with Crippen molar-refractivity contribution >= 4 is 23.6 Å². The number of nitrogens with zero attached hydrogens (tertiary/aromatic N) is 2. The molecule has 1 amide bonds. The molecule has 0 saturated heterocycles. The third-order valence-electron chi connectivity index (χ3n) is 3.56. The van der Waals surface area contributed by atoms with E-state index in [9.17, 15) is 9.59 Å². The zero-order chi connectivity index (χ0) is 15.0. The molecule has 1 aliphatic rings. The molecule has 0 unspecified atom stereocenters. The van der Waals surface area contributed by atoms with Crippen LogP contribution >= 0.6 is 11.8 Å². The fraction of sp³-hybridized carbons (Fsp3) is 0.786. The second kappa shape index (κ2) is 8.15. The Morgan fingerprint density at radius 2 is 2.15 bits per heavy atom. The number of hydrogen-bond acceptors (Lipinski definition) is 5. The Morgan fingerprint density at radius 3 is 2.70 bits per heavy atom. The number of nitriles is 1. The van der Waals surface area contributed by atoms with Gasteiger partial charge in [-0.3, -0.25) is 9.59 Å². The molecular weight excluding hydrogens is 276 g/mol. The van der Waals surface area contributed by atoms with Crippen LogP contribution in [0.4, 0.5) is 0 Å². The van der Waals surface area contributed by atoms with Crippen molar-refractivity contribution in [2.75, 3.05) is 32.2 Å². The van der Waals surface area contributed by atoms with Crippen molar-refractivity contribution < 1.29 is 14.3 Å². The summed E-state index contributed by atoms with van der Waals surface area (Å²) in [5.41, 5.74) is 0.119. The minimum Gasteiger partial charge on any atom is -0.469 e. The lowest BCUT2D eigenvalue weighted by atomic mass is 10.1. The summed E-state index contributed by atoms with van der Waals surface area (Å²) in [6.07, 6.45) is 3.50. The van der Waals surface area contributed by atoms with Crippen LogP contribution in [0.25, 0.3) is 0 Å². The Bertz CT molecular complexity index is 388. The molecule has 0 heterocycles. The molecule has 0 N–H and O–H groups in total. The van der Waals surface area contributed by atoms with Gasteiger partial charge in [-0.05, 0) is 24.0 Å². The highest BCUT2D eigenvalue weighted by atomic mass is 32.2. The van der Waals surface area contributed by atoms with Crippen molar-refractivity contribution in [2.24, 2.45) is 5.41 Å². The number of hydrogen-bond donors (Lipinski definition) is 0. The molecule has 0 aromatic carbocycles. The molecule has 20 heavy (non-hydrogen) atoms. The molecule has 0 bridgehead atoms. The Labute approximate surface area is 124 Å². The molecule has 0 aliphatic heterocycles. The average Bonchev–Trinajstić information content (AvgIpc) is 3.20. The highest BCUT2D eigenvalue weighted by molar-refractivity contribution is 7.99. The smallest absolute Gasteiger partial charge is 0.306 e. The maximum absolute atomic E-state index is 11.7. The summed E-state index contributed by atoms with van der Waals surface area (Å²) in [5.74, 6) is 1.61. The van der Waals surface area contributed by atoms with Crippen molar-refractivity contribution in [2.45, 2.75) is 32.1 Å². The minimum absolute atomic E-state index is 0.0746. The monoisotopic (exact) mass is 298 g/mol. The molecule has 1 saturated carbocycles. The summed E-state index contributed by atoms with van der Waals surface area (Å²) < 4.78 is 4.70. The molecule has 1 fully saturated rings. The van der Waals surface area contributed by atoms with Crippen molar-refractivity contribution in [1.82, 2.24) is 4.90 Å². The van der Waals surface area contributed by atoms with Gasteiger partial charge in [-0.1, -0.05) is 0 Å². The van der Waals surface area contributed by atoms with E-state index in [2.05, 4.69) is 0 Å². The molecule has 0 aromatic heterocycles. The number of amides is 1. The van der Waals surface area contributed by atoms with Crippen LogP contribution < -0.4 is 0 Å². The third-order valence-corrected chi connectivity index (χ3v) is 4.87. The molecule has 0 aromatic rings. The maximum Gasteiger partial charge on any atom is 0.306 e. The van der Waals surface area contributed by atoms with Crippen LogP contribution in [-0.4, -0.2) is 49.0 Å². The predicted octanol–water partition coefficient (Wildman–Crippen LogP) is 1.83. The van der Waals surface area contributed by atoms with E-state index in [4.69, 9.17) is 10.00 Å². The van der Waals surface area contributed by atoms with E-state index in [-0.39, 0.29) is 17.3 Å². The van der Waals surface area contributed by atoms with E-state index in [1.54, 1.807) is 23.7 Å². The van der Waals surface area contributed by atoms with Crippen LogP contribution in [0.5, 0.6) is 0 Å². The Morgan fingerprint density at radius 1 is 1.45 bits per heavy atom. The van der Waals surface area contributed by atoms with Gasteiger partial charge in [0.15, 0.2) is 0 Å². The second-order valence-corrected chi connectivity index (χ2v) is 6.38. The molecule has 0 atom stereocenters. The Balaban J connectivity index is 2.14. The standard InChI is InChI=1S/C14H22N2O3S/c1-16(8-3-7-15)12(17)4-9-20-11-14(5-6-14)10-13(18)19-2/h3-6,8-11H2,1-2H3. The van der Waals surface area contributed by atoms with Gasteiger partial charge in [0.1, 0.15) is 0 Å². The molecule has 0 radical (unpaired) electrons. The van der Waals surface area contributed by atoms with Crippen molar-refractivity contribution in [3.63, 3.8) is 0 Å². The number of carbonyl (C=O) groups excluding carboxylic acids is 2. The van der Waals surface area contributed by atoms with Crippen LogP contribution in [-0.2, 0) is 14.3 Å². The first-order chi connectivity index (χ1) is 9.53. The summed E-state index contributed by atoms with van der Waals surface area (Å²) >= 11 is 1.72. The van der Waals surface area contributed by atoms with Gasteiger partial charge >= 0.3 is 5.97 Å². The number of carbonyl (C=O) groups is 2. The van der Waals surface area contributed by atoms with Gasteiger partial charge in [0.2, 0.25) is 5.91 Å². The van der Waals surface area contributed by atoms with Gasteiger partial charge in [0, 0.05) is 25.8 Å². The number of thioether (sulfide) groups is 1. The SMILES string of the molecule is COC(=O)CC1(CSCCC(=O)N(C)CCC#N)CC1. The maximum atomic E-state index is 11.7. The van der Waals surface area contributed by atoms with Crippen LogP contribution in [0.2, 0.25) is 0 Å². The van der Waals surface area contributed by atoms with Gasteiger partial charge < -0.3 is 9.64 Å². The minimum atomic E-state index is -0.143. The second-order valence-electron chi connectivity index (χ2n) is 5.28. The zero-order valence-electron chi connectivity index (χ0n) is 12.2. The number of methoxy groups -OCH3 is 1. The Kier molecular flexibility index (Phi) is 6.86. The van der Waals surface area contributed by atoms with Gasteiger partial charge in [-0.25, -0.2) is 0 Å². The summed E-state index contributed by atoms with van der Waals surface area (Å²) in [5, 5.41) is 8.47. The topological polar surface area (TPSA) is 70.4 Å². The van der Waals surface area contributed by atoms with Crippen LogP contribution in [0.3, 0.4) is 0 Å². The highest BCUT2D eigenvalue weighted by Crippen LogP contribution is 2.51. The lowest BCUT2D eigenvalue weighted by Gasteiger charge is -2.16. The van der Waals surface area contributed by atoms with E-state index in [1.807, 2.05) is 6.07 Å². The summed E-state index contributed by atoms with van der Waals surface area (Å²) in [7, 11) is 3.14. The van der Waals surface area contributed by atoms with Crippen LogP contribution in [0, 0.1) is 16.7 Å². The van der Waals surface area contributed by atoms with E-state index in [1.165, 1.54) is 7.11 Å². The van der Waals surface area contributed by atoms with E-state index in [0.29, 0.717) is 25.8 Å². The first-order valence-corrected chi connectivity index (χ1v) is 7.94. The zero-order valence-corrected chi connectivity index (χ0v) is 13.0. The molecular formula is C14H22N2O3S. The van der Waals surface area contributed by atoms with Crippen molar-refractivity contribution in [1.29, 1.82) is 5.26 Å². The van der Waals surface area contributed by atoms with Gasteiger partial charge in [-0.2, -0.15) is 17.0 Å². The molecule has 1 rings (SSSR count). The Hall–Kier alpha value is -1.22. The average molecular weight is 298 g/mol. The quantitative estimate of drug-likeness (QED) is 0.480. The summed E-state index contributed by atoms with van der Waals surface area (Å²) in [6, 6.07) is 2.03. The predicted molar refractivity (Wildman–Crippen MR) is 78.1 cm³/mol. The van der Waals surface area contributed by atoms with E-state index < -0.39 is 0 Å². The van der Waals surface area contributed by atoms with Crippen molar-refractivity contribution in [3.8, 4) is 6.07 Å². The fourth-order valence-electron chi connectivity index (χ4n) is 1.91. The van der Waals surface area contributed by atoms with Crippen LogP contribution in [0.1, 0.15) is 32.1 Å². The molecule has 1 aliphatic carbocycles.